The number of ether oxygens (including phenoxy) is 4. The zero-order chi connectivity index (χ0) is 22.8. The summed E-state index contributed by atoms with van der Waals surface area (Å²) in [5.41, 5.74) is 1.51. The van der Waals surface area contributed by atoms with Gasteiger partial charge in [-0.05, 0) is 43.7 Å². The topological polar surface area (TPSA) is 71.1 Å². The molecule has 0 radical (unpaired) electrons. The van der Waals surface area contributed by atoms with Gasteiger partial charge < -0.3 is 18.9 Å². The van der Waals surface area contributed by atoms with E-state index in [0.29, 0.717) is 16.9 Å². The van der Waals surface area contributed by atoms with Crippen LogP contribution in [0.15, 0.2) is 91.8 Å². The van der Waals surface area contributed by atoms with E-state index in [1.807, 2.05) is 0 Å². The first-order chi connectivity index (χ1) is 14.8. The van der Waals surface area contributed by atoms with Gasteiger partial charge in [-0.1, -0.05) is 25.3 Å². The van der Waals surface area contributed by atoms with Crippen molar-refractivity contribution >= 4 is 11.9 Å². The van der Waals surface area contributed by atoms with Crippen LogP contribution in [0.4, 0.5) is 4.39 Å². The molecule has 0 aliphatic rings. The van der Waals surface area contributed by atoms with Crippen LogP contribution in [0.5, 0.6) is 11.5 Å². The van der Waals surface area contributed by atoms with Gasteiger partial charge in [0.25, 0.3) is 0 Å². The maximum Gasteiger partial charge on any atom is 0.338 e. The molecule has 2 aromatic carbocycles. The summed E-state index contributed by atoms with van der Waals surface area (Å²) >= 11 is 0. The van der Waals surface area contributed by atoms with Crippen molar-refractivity contribution in [1.29, 1.82) is 0 Å². The minimum atomic E-state index is -0.586. The molecule has 0 saturated carbocycles. The van der Waals surface area contributed by atoms with Gasteiger partial charge in [0, 0.05) is 22.8 Å². The van der Waals surface area contributed by atoms with Crippen LogP contribution >= 0.6 is 0 Å². The van der Waals surface area contributed by atoms with Crippen molar-refractivity contribution in [2.45, 2.75) is 13.8 Å². The Morgan fingerprint density at radius 2 is 1.26 bits per heavy atom. The van der Waals surface area contributed by atoms with E-state index < -0.39 is 17.8 Å². The molecule has 7 heteroatoms. The predicted octanol–water partition coefficient (Wildman–Crippen LogP) is 5.43. The van der Waals surface area contributed by atoms with E-state index in [2.05, 4.69) is 13.2 Å². The van der Waals surface area contributed by atoms with Gasteiger partial charge in [-0.3, -0.25) is 0 Å². The fourth-order valence-electron chi connectivity index (χ4n) is 2.11. The SMILES string of the molecule is C=C(C)C(=O)OC=COc1ccc(-c2ccc(OC=COC(=O)C(=C)C)cc2F)cc1. The summed E-state index contributed by atoms with van der Waals surface area (Å²) < 4.78 is 34.5. The summed E-state index contributed by atoms with van der Waals surface area (Å²) in [7, 11) is 0. The predicted molar refractivity (Wildman–Crippen MR) is 113 cm³/mol. The van der Waals surface area contributed by atoms with Crippen molar-refractivity contribution in [3.05, 3.63) is 97.6 Å². The maximum absolute atomic E-state index is 14.5. The number of esters is 2. The lowest BCUT2D eigenvalue weighted by Gasteiger charge is -2.07. The van der Waals surface area contributed by atoms with Gasteiger partial charge in [-0.15, -0.1) is 0 Å². The van der Waals surface area contributed by atoms with Crippen molar-refractivity contribution in [2.24, 2.45) is 0 Å². The van der Waals surface area contributed by atoms with E-state index in [0.717, 1.165) is 18.8 Å². The Hall–Kier alpha value is -4.13. The lowest BCUT2D eigenvalue weighted by Crippen LogP contribution is -1.99. The summed E-state index contributed by atoms with van der Waals surface area (Å²) in [6.07, 6.45) is 4.50. The molecule has 2 aromatic rings. The molecule has 0 saturated heterocycles. The maximum atomic E-state index is 14.5. The van der Waals surface area contributed by atoms with Crippen molar-refractivity contribution in [3.63, 3.8) is 0 Å². The van der Waals surface area contributed by atoms with E-state index in [1.165, 1.54) is 26.2 Å². The van der Waals surface area contributed by atoms with E-state index in [4.69, 9.17) is 18.9 Å². The summed E-state index contributed by atoms with van der Waals surface area (Å²) in [6.45, 7) is 9.96. The highest BCUT2D eigenvalue weighted by Crippen LogP contribution is 2.28. The first-order valence-electron chi connectivity index (χ1n) is 9.04. The smallest absolute Gasteiger partial charge is 0.338 e. The molecule has 0 amide bonds. The fraction of sp³-hybridized carbons (Fsp3) is 0.0833. The molecule has 0 aromatic heterocycles. The molecule has 0 aliphatic heterocycles. The normalized spacial score (nSPS) is 10.7. The van der Waals surface area contributed by atoms with Crippen LogP contribution in [0.2, 0.25) is 0 Å². The summed E-state index contributed by atoms with van der Waals surface area (Å²) in [4.78, 5) is 22.5. The summed E-state index contributed by atoms with van der Waals surface area (Å²) in [5, 5.41) is 0. The van der Waals surface area contributed by atoms with Crippen LogP contribution < -0.4 is 9.47 Å². The molecule has 160 valence electrons. The second kappa shape index (κ2) is 11.2. The zero-order valence-corrected chi connectivity index (χ0v) is 17.1. The van der Waals surface area contributed by atoms with Crippen LogP contribution in [-0.4, -0.2) is 11.9 Å². The molecule has 2 rings (SSSR count). The Kier molecular flexibility index (Phi) is 8.33. The number of rotatable bonds is 9. The highest BCUT2D eigenvalue weighted by molar-refractivity contribution is 5.87. The molecule has 6 nitrogen and oxygen atoms in total. The molecule has 0 aliphatic carbocycles. The Labute approximate surface area is 179 Å². The highest BCUT2D eigenvalue weighted by atomic mass is 19.1. The summed E-state index contributed by atoms with van der Waals surface area (Å²) in [5.74, 6) is -0.928. The van der Waals surface area contributed by atoms with Crippen molar-refractivity contribution in [3.8, 4) is 22.6 Å². The van der Waals surface area contributed by atoms with Crippen molar-refractivity contribution in [1.82, 2.24) is 0 Å². The molecule has 0 heterocycles. The third kappa shape index (κ3) is 7.32. The number of hydrogen-bond acceptors (Lipinski definition) is 6. The van der Waals surface area contributed by atoms with Crippen LogP contribution in [-0.2, 0) is 19.1 Å². The molecule has 0 N–H and O–H groups in total. The van der Waals surface area contributed by atoms with Gasteiger partial charge in [0.2, 0.25) is 0 Å². The van der Waals surface area contributed by atoms with Gasteiger partial charge in [0.05, 0.1) is 0 Å². The summed E-state index contributed by atoms with van der Waals surface area (Å²) in [6, 6.07) is 11.0. The van der Waals surface area contributed by atoms with Crippen LogP contribution in [0, 0.1) is 5.82 Å². The van der Waals surface area contributed by atoms with Crippen LogP contribution in [0.3, 0.4) is 0 Å². The van der Waals surface area contributed by atoms with Crippen molar-refractivity contribution < 1.29 is 32.9 Å². The van der Waals surface area contributed by atoms with E-state index in [-0.39, 0.29) is 16.9 Å². The Morgan fingerprint density at radius 1 is 0.774 bits per heavy atom. The zero-order valence-electron chi connectivity index (χ0n) is 17.1. The third-order valence-electron chi connectivity index (χ3n) is 3.67. The molecule has 0 atom stereocenters. The Balaban J connectivity index is 1.95. The van der Waals surface area contributed by atoms with Crippen LogP contribution in [0.25, 0.3) is 11.1 Å². The first kappa shape index (κ1) is 23.2. The number of carbonyl (C=O) groups is 2. The Morgan fingerprint density at radius 3 is 1.74 bits per heavy atom. The average Bonchev–Trinajstić information content (AvgIpc) is 2.74. The quantitative estimate of drug-likeness (QED) is 0.304. The van der Waals surface area contributed by atoms with Crippen LogP contribution in [0.1, 0.15) is 13.8 Å². The molecule has 31 heavy (non-hydrogen) atoms. The molecule has 0 bridgehead atoms. The molecular weight excluding hydrogens is 403 g/mol. The average molecular weight is 424 g/mol. The second-order valence-electron chi connectivity index (χ2n) is 6.32. The largest absolute Gasteiger partial charge is 0.462 e. The molecule has 0 fully saturated rings. The van der Waals surface area contributed by atoms with Gasteiger partial charge in [-0.25, -0.2) is 14.0 Å². The minimum Gasteiger partial charge on any atom is -0.462 e. The Bertz CT molecular complexity index is 1030. The highest BCUT2D eigenvalue weighted by Gasteiger charge is 2.07. The monoisotopic (exact) mass is 424 g/mol. The number of hydrogen-bond donors (Lipinski definition) is 0. The standard InChI is InChI=1S/C24H21FO6/c1-16(2)23(26)30-13-11-28-19-7-5-18(6-8-19)21-10-9-20(15-22(21)25)29-12-14-31-24(27)17(3)4/h5-15H,1,3H2,2,4H3. The van der Waals surface area contributed by atoms with E-state index in [9.17, 15) is 14.0 Å². The number of carbonyl (C=O) groups excluding carboxylic acids is 2. The van der Waals surface area contributed by atoms with Gasteiger partial charge in [0.15, 0.2) is 0 Å². The van der Waals surface area contributed by atoms with Gasteiger partial charge >= 0.3 is 11.9 Å². The minimum absolute atomic E-state index is 0.235. The fourth-order valence-corrected chi connectivity index (χ4v) is 2.11. The van der Waals surface area contributed by atoms with Crippen molar-refractivity contribution in [2.75, 3.05) is 0 Å². The lowest BCUT2D eigenvalue weighted by atomic mass is 10.0. The van der Waals surface area contributed by atoms with Gasteiger partial charge in [0.1, 0.15) is 42.4 Å². The molecule has 0 unspecified atom stereocenters. The molecule has 0 spiro atoms. The van der Waals surface area contributed by atoms with E-state index in [1.54, 1.807) is 36.4 Å². The number of benzene rings is 2. The number of halogens is 1. The molecular formula is C24H21FO6. The first-order valence-corrected chi connectivity index (χ1v) is 9.04. The lowest BCUT2D eigenvalue weighted by molar-refractivity contribution is -0.134. The van der Waals surface area contributed by atoms with Gasteiger partial charge in [-0.2, -0.15) is 0 Å². The van der Waals surface area contributed by atoms with E-state index >= 15 is 0 Å². The second-order valence-corrected chi connectivity index (χ2v) is 6.32. The third-order valence-corrected chi connectivity index (χ3v) is 3.67.